The number of methoxy groups -OCH3 is 2. The molecule has 9 nitrogen and oxygen atoms in total. The maximum absolute atomic E-state index is 15.1. The second-order valence-corrected chi connectivity index (χ2v) is 8.60. The van der Waals surface area contributed by atoms with Crippen LogP contribution in [0.2, 0.25) is 0 Å². The van der Waals surface area contributed by atoms with Gasteiger partial charge >= 0.3 is 6.36 Å². The molecule has 212 valence electrons. The van der Waals surface area contributed by atoms with E-state index in [4.69, 9.17) is 9.47 Å². The highest BCUT2D eigenvalue weighted by atomic mass is 19.4. The molecule has 0 aliphatic carbocycles. The van der Waals surface area contributed by atoms with Gasteiger partial charge in [0.15, 0.2) is 0 Å². The molecule has 2 amide bonds. The molecule has 1 unspecified atom stereocenters. The van der Waals surface area contributed by atoms with Crippen LogP contribution in [0.5, 0.6) is 17.2 Å². The minimum Gasteiger partial charge on any atom is -0.497 e. The monoisotopic (exact) mass is 567 g/mol. The van der Waals surface area contributed by atoms with Crippen molar-refractivity contribution in [1.29, 1.82) is 0 Å². The zero-order valence-corrected chi connectivity index (χ0v) is 21.0. The number of amides is 2. The van der Waals surface area contributed by atoms with E-state index in [0.29, 0.717) is 0 Å². The molecule has 1 saturated heterocycles. The highest BCUT2D eigenvalue weighted by Gasteiger charge is 2.46. The second-order valence-electron chi connectivity index (χ2n) is 8.60. The van der Waals surface area contributed by atoms with Crippen LogP contribution in [0, 0.1) is 11.6 Å². The Morgan fingerprint density at radius 3 is 2.17 bits per heavy atom. The van der Waals surface area contributed by atoms with E-state index in [2.05, 4.69) is 15.0 Å². The molecule has 0 radical (unpaired) electrons. The first-order valence-electron chi connectivity index (χ1n) is 11.6. The number of rotatable bonds is 8. The minimum absolute atomic E-state index is 0.00173. The van der Waals surface area contributed by atoms with Gasteiger partial charge in [-0.25, -0.2) is 13.8 Å². The fourth-order valence-corrected chi connectivity index (χ4v) is 4.31. The van der Waals surface area contributed by atoms with Gasteiger partial charge in [0.05, 0.1) is 26.5 Å². The number of benzene rings is 2. The number of hydrogen-bond donors (Lipinski definition) is 2. The third kappa shape index (κ3) is 6.06. The third-order valence-corrected chi connectivity index (χ3v) is 6.12. The standard InChI is InChI=1S/C26H22F5N3O6/c1-38-16-7-14(12-35)32-21(10-16)34-11-18(22-19(27)8-17(39-2)9-20(22)28)23(25(34)37)33-24(36)13-3-5-15(6-4-13)40-26(29,30)31/h3-10,18,23,35H,11-12H2,1-2H3,(H,33,36)/t18-,23?/m0/s1. The maximum Gasteiger partial charge on any atom is 0.573 e. The van der Waals surface area contributed by atoms with Crippen LogP contribution in [-0.4, -0.2) is 55.1 Å². The highest BCUT2D eigenvalue weighted by Crippen LogP contribution is 2.37. The number of anilines is 1. The maximum atomic E-state index is 15.1. The normalized spacial score (nSPS) is 17.1. The number of aliphatic hydroxyl groups is 1. The molecule has 14 heteroatoms. The second kappa shape index (κ2) is 11.3. The summed E-state index contributed by atoms with van der Waals surface area (Å²) in [6.45, 7) is -0.820. The van der Waals surface area contributed by atoms with Gasteiger partial charge in [0.1, 0.15) is 40.7 Å². The predicted octanol–water partition coefficient (Wildman–Crippen LogP) is 3.70. The van der Waals surface area contributed by atoms with Crippen LogP contribution >= 0.6 is 0 Å². The van der Waals surface area contributed by atoms with Crippen molar-refractivity contribution >= 4 is 17.6 Å². The molecule has 1 aliphatic rings. The number of halogens is 5. The lowest BCUT2D eigenvalue weighted by molar-refractivity contribution is -0.274. The molecule has 2 atom stereocenters. The van der Waals surface area contributed by atoms with Crippen molar-refractivity contribution in [3.63, 3.8) is 0 Å². The van der Waals surface area contributed by atoms with Crippen LogP contribution in [-0.2, 0) is 11.4 Å². The summed E-state index contributed by atoms with van der Waals surface area (Å²) < 4.78 is 81.5. The molecule has 2 N–H and O–H groups in total. The number of nitrogens with one attached hydrogen (secondary N) is 1. The lowest BCUT2D eigenvalue weighted by atomic mass is 9.92. The molecule has 1 aliphatic heterocycles. The number of nitrogens with zero attached hydrogens (tertiary/aromatic N) is 2. The summed E-state index contributed by atoms with van der Waals surface area (Å²) in [6.07, 6.45) is -4.94. The van der Waals surface area contributed by atoms with Crippen LogP contribution in [0.25, 0.3) is 0 Å². The van der Waals surface area contributed by atoms with Gasteiger partial charge in [-0.3, -0.25) is 14.5 Å². The Morgan fingerprint density at radius 2 is 1.62 bits per heavy atom. The molecule has 0 saturated carbocycles. The fraction of sp³-hybridized carbons (Fsp3) is 0.269. The van der Waals surface area contributed by atoms with Crippen molar-refractivity contribution in [1.82, 2.24) is 10.3 Å². The summed E-state index contributed by atoms with van der Waals surface area (Å²) in [5.74, 6) is -5.44. The molecule has 40 heavy (non-hydrogen) atoms. The molecule has 0 spiro atoms. The van der Waals surface area contributed by atoms with Crippen molar-refractivity contribution in [2.24, 2.45) is 0 Å². The summed E-state index contributed by atoms with van der Waals surface area (Å²) in [5, 5.41) is 12.0. The molecule has 4 rings (SSSR count). The van der Waals surface area contributed by atoms with Crippen LogP contribution in [0.3, 0.4) is 0 Å². The van der Waals surface area contributed by atoms with E-state index in [0.717, 1.165) is 41.3 Å². The first-order chi connectivity index (χ1) is 18.9. The lowest BCUT2D eigenvalue weighted by Gasteiger charge is -2.20. The third-order valence-electron chi connectivity index (χ3n) is 6.12. The van der Waals surface area contributed by atoms with Gasteiger partial charge in [-0.2, -0.15) is 0 Å². The number of hydrogen-bond acceptors (Lipinski definition) is 7. The number of alkyl halides is 3. The molecular formula is C26H22F5N3O6. The van der Waals surface area contributed by atoms with E-state index in [1.165, 1.54) is 26.4 Å². The van der Waals surface area contributed by atoms with Crippen molar-refractivity contribution in [3.8, 4) is 17.2 Å². The van der Waals surface area contributed by atoms with Gasteiger partial charge < -0.3 is 24.6 Å². The molecule has 0 bridgehead atoms. The van der Waals surface area contributed by atoms with Crippen LogP contribution in [0.1, 0.15) is 27.5 Å². The van der Waals surface area contributed by atoms with Gasteiger partial charge in [-0.1, -0.05) is 0 Å². The summed E-state index contributed by atoms with van der Waals surface area (Å²) >= 11 is 0. The number of carbonyl (C=O) groups is 2. The first kappa shape index (κ1) is 28.5. The van der Waals surface area contributed by atoms with Crippen molar-refractivity contribution < 1.29 is 50.9 Å². The highest BCUT2D eigenvalue weighted by molar-refractivity contribution is 6.04. The van der Waals surface area contributed by atoms with E-state index in [9.17, 15) is 27.9 Å². The van der Waals surface area contributed by atoms with E-state index >= 15 is 8.78 Å². The van der Waals surface area contributed by atoms with Gasteiger partial charge in [0.25, 0.3) is 11.8 Å². The number of ether oxygens (including phenoxy) is 3. The molecule has 3 aromatic rings. The van der Waals surface area contributed by atoms with Crippen LogP contribution in [0.4, 0.5) is 27.8 Å². The molecular weight excluding hydrogens is 545 g/mol. The van der Waals surface area contributed by atoms with Crippen LogP contribution < -0.4 is 24.4 Å². The SMILES string of the molecule is COc1cc(CO)nc(N2C[C@@H](c3c(F)cc(OC)cc3F)C(NC(=O)c3ccc(OC(F)(F)F)cc3)C2=O)c1. The van der Waals surface area contributed by atoms with Gasteiger partial charge in [-0.05, 0) is 24.3 Å². The number of aromatic nitrogens is 1. The average molecular weight is 567 g/mol. The number of aliphatic hydroxyl groups excluding tert-OH is 1. The van der Waals surface area contributed by atoms with Crippen LogP contribution in [0.15, 0.2) is 48.5 Å². The quantitative estimate of drug-likeness (QED) is 0.400. The molecule has 1 fully saturated rings. The minimum atomic E-state index is -4.94. The van der Waals surface area contributed by atoms with Crippen molar-refractivity contribution in [2.45, 2.75) is 24.9 Å². The Morgan fingerprint density at radius 1 is 1.02 bits per heavy atom. The van der Waals surface area contributed by atoms with Gasteiger partial charge in [0.2, 0.25) is 0 Å². The van der Waals surface area contributed by atoms with Crippen molar-refractivity contribution in [2.75, 3.05) is 25.7 Å². The Balaban J connectivity index is 1.71. The fourth-order valence-electron chi connectivity index (χ4n) is 4.31. The Bertz CT molecular complexity index is 1370. The topological polar surface area (TPSA) is 110 Å². The molecule has 2 heterocycles. The lowest BCUT2D eigenvalue weighted by Crippen LogP contribution is -2.44. The molecule has 2 aromatic carbocycles. The van der Waals surface area contributed by atoms with E-state index < -0.39 is 59.7 Å². The number of carbonyl (C=O) groups excluding carboxylic acids is 2. The van der Waals surface area contributed by atoms with E-state index in [1.807, 2.05) is 0 Å². The predicted molar refractivity (Wildman–Crippen MR) is 129 cm³/mol. The Hall–Kier alpha value is -4.46. The zero-order chi connectivity index (χ0) is 29.2. The largest absolute Gasteiger partial charge is 0.573 e. The summed E-state index contributed by atoms with van der Waals surface area (Å²) in [4.78, 5) is 31.9. The Labute approximate surface area is 224 Å². The van der Waals surface area contributed by atoms with Crippen molar-refractivity contribution in [3.05, 3.63) is 77.0 Å². The zero-order valence-electron chi connectivity index (χ0n) is 21.0. The van der Waals surface area contributed by atoms with E-state index in [-0.39, 0.29) is 35.1 Å². The van der Waals surface area contributed by atoms with E-state index in [1.54, 1.807) is 0 Å². The Kier molecular flexibility index (Phi) is 8.09. The summed E-state index contributed by atoms with van der Waals surface area (Å²) in [5.41, 5.74) is -0.493. The summed E-state index contributed by atoms with van der Waals surface area (Å²) in [6, 6.07) is 7.03. The smallest absolute Gasteiger partial charge is 0.497 e. The molecule has 1 aromatic heterocycles. The average Bonchev–Trinajstić information content (AvgIpc) is 3.22. The van der Waals surface area contributed by atoms with Gasteiger partial charge in [0, 0.05) is 47.9 Å². The number of pyridine rings is 1. The first-order valence-corrected chi connectivity index (χ1v) is 11.6. The summed E-state index contributed by atoms with van der Waals surface area (Å²) in [7, 11) is 2.57. The van der Waals surface area contributed by atoms with Gasteiger partial charge in [-0.15, -0.1) is 13.2 Å².